The molecule has 0 amide bonds. The van der Waals surface area contributed by atoms with Gasteiger partial charge in [0.15, 0.2) is 0 Å². The minimum atomic E-state index is -4.39. The van der Waals surface area contributed by atoms with Gasteiger partial charge in [-0.3, -0.25) is 9.97 Å². The lowest BCUT2D eigenvalue weighted by atomic mass is 9.87. The van der Waals surface area contributed by atoms with Crippen molar-refractivity contribution in [2.24, 2.45) is 0 Å². The molecule has 2 heterocycles. The van der Waals surface area contributed by atoms with Crippen molar-refractivity contribution in [3.8, 4) is 89.3 Å². The van der Waals surface area contributed by atoms with E-state index in [1.165, 1.54) is 17.7 Å². The predicted octanol–water partition coefficient (Wildman–Crippen LogP) is 15.1. The number of aryl methyl sites for hydroxylation is 1. The lowest BCUT2D eigenvalue weighted by Gasteiger charge is -2.18. The highest BCUT2D eigenvalue weighted by molar-refractivity contribution is 5.94. The second-order valence-electron chi connectivity index (χ2n) is 14.6. The first kappa shape index (κ1) is 37.2. The number of nitrogens with zero attached hydrogens (tertiary/aromatic N) is 2. The van der Waals surface area contributed by atoms with Gasteiger partial charge < -0.3 is 0 Å². The molecule has 0 saturated heterocycles. The van der Waals surface area contributed by atoms with Crippen LogP contribution in [0.15, 0.2) is 207 Å². The molecule has 2 nitrogen and oxygen atoms in total. The van der Waals surface area contributed by atoms with Crippen molar-refractivity contribution in [3.05, 3.63) is 218 Å². The zero-order valence-corrected chi connectivity index (χ0v) is 32.2. The van der Waals surface area contributed by atoms with Crippen LogP contribution in [0, 0.1) is 6.92 Å². The first-order valence-electron chi connectivity index (χ1n) is 19.4. The largest absolute Gasteiger partial charge is 0.416 e. The standard InChI is InChI=1S/C54H37F3N2/c1-36-30-43(47-17-9-8-16-46(47)42-26-29-52(58-34-42)41-24-27-45(28-25-41)54(55,56)57)32-44(31-36)48-18-10-11-19-49(48)51-35-59-53(40-14-6-3-7-15-40)33-50(51)39-22-20-38(21-23-39)37-12-4-2-5-13-37/h2-35H,1H3. The maximum Gasteiger partial charge on any atom is 0.416 e. The molecule has 0 aliphatic carbocycles. The van der Waals surface area contributed by atoms with Gasteiger partial charge in [-0.1, -0.05) is 164 Å². The molecule has 0 saturated carbocycles. The van der Waals surface area contributed by atoms with Gasteiger partial charge in [0, 0.05) is 34.6 Å². The van der Waals surface area contributed by atoms with Gasteiger partial charge in [0.2, 0.25) is 0 Å². The maximum absolute atomic E-state index is 13.2. The van der Waals surface area contributed by atoms with Crippen molar-refractivity contribution in [2.75, 3.05) is 0 Å². The fraction of sp³-hybridized carbons (Fsp3) is 0.0370. The number of halogens is 3. The van der Waals surface area contributed by atoms with Gasteiger partial charge >= 0.3 is 6.18 Å². The summed E-state index contributed by atoms with van der Waals surface area (Å²) in [7, 11) is 0. The molecule has 0 fully saturated rings. The summed E-state index contributed by atoms with van der Waals surface area (Å²) in [6.45, 7) is 2.12. The second kappa shape index (κ2) is 15.9. The Morgan fingerprint density at radius 3 is 1.37 bits per heavy atom. The van der Waals surface area contributed by atoms with Crippen molar-refractivity contribution in [1.29, 1.82) is 0 Å². The average Bonchev–Trinajstić information content (AvgIpc) is 3.29. The number of pyridine rings is 2. The maximum atomic E-state index is 13.2. The van der Waals surface area contributed by atoms with Crippen molar-refractivity contribution in [1.82, 2.24) is 9.97 Å². The van der Waals surface area contributed by atoms with E-state index < -0.39 is 11.7 Å². The van der Waals surface area contributed by atoms with Crippen LogP contribution in [-0.4, -0.2) is 9.97 Å². The predicted molar refractivity (Wildman–Crippen MR) is 235 cm³/mol. The topological polar surface area (TPSA) is 25.8 Å². The van der Waals surface area contributed by atoms with E-state index in [0.717, 1.165) is 90.2 Å². The molecule has 0 atom stereocenters. The monoisotopic (exact) mass is 770 g/mol. The van der Waals surface area contributed by atoms with Crippen molar-refractivity contribution >= 4 is 0 Å². The Labute approximate surface area is 342 Å². The zero-order chi connectivity index (χ0) is 40.3. The highest BCUT2D eigenvalue weighted by Gasteiger charge is 2.30. The number of alkyl halides is 3. The van der Waals surface area contributed by atoms with Crippen LogP contribution in [0.1, 0.15) is 11.1 Å². The fourth-order valence-corrected chi connectivity index (χ4v) is 7.75. The molecule has 0 spiro atoms. The normalized spacial score (nSPS) is 11.4. The molecule has 284 valence electrons. The molecular formula is C54H37F3N2. The Balaban J connectivity index is 1.11. The lowest BCUT2D eigenvalue weighted by molar-refractivity contribution is -0.137. The molecule has 0 radical (unpaired) electrons. The molecule has 0 aliphatic rings. The summed E-state index contributed by atoms with van der Waals surface area (Å²) in [5.41, 5.74) is 16.5. The molecule has 9 rings (SSSR count). The summed E-state index contributed by atoms with van der Waals surface area (Å²) >= 11 is 0. The average molecular weight is 771 g/mol. The Morgan fingerprint density at radius 1 is 0.322 bits per heavy atom. The number of hydrogen-bond donors (Lipinski definition) is 0. The Kier molecular flexibility index (Phi) is 10.0. The van der Waals surface area contributed by atoms with Crippen molar-refractivity contribution in [2.45, 2.75) is 13.1 Å². The Hall–Kier alpha value is -7.37. The summed E-state index contributed by atoms with van der Waals surface area (Å²) in [6.07, 6.45) is -0.589. The smallest absolute Gasteiger partial charge is 0.256 e. The lowest BCUT2D eigenvalue weighted by Crippen LogP contribution is -2.04. The van der Waals surface area contributed by atoms with Crippen LogP contribution < -0.4 is 0 Å². The molecule has 0 N–H and O–H groups in total. The van der Waals surface area contributed by atoms with Gasteiger partial charge in [0.1, 0.15) is 0 Å². The molecule has 59 heavy (non-hydrogen) atoms. The van der Waals surface area contributed by atoms with E-state index in [0.29, 0.717) is 11.3 Å². The molecule has 0 aliphatic heterocycles. The van der Waals surface area contributed by atoms with Crippen LogP contribution in [-0.2, 0) is 6.18 Å². The number of hydrogen-bond acceptors (Lipinski definition) is 2. The summed E-state index contributed by atoms with van der Waals surface area (Å²) in [6, 6.07) is 64.0. The third kappa shape index (κ3) is 7.83. The molecule has 2 aromatic heterocycles. The van der Waals surface area contributed by atoms with Gasteiger partial charge in [0.05, 0.1) is 17.0 Å². The van der Waals surface area contributed by atoms with Crippen molar-refractivity contribution in [3.63, 3.8) is 0 Å². The van der Waals surface area contributed by atoms with Gasteiger partial charge in [-0.15, -0.1) is 0 Å². The van der Waals surface area contributed by atoms with E-state index in [9.17, 15) is 13.2 Å². The molecule has 5 heteroatoms. The molecule has 0 bridgehead atoms. The zero-order valence-electron chi connectivity index (χ0n) is 32.2. The summed E-state index contributed by atoms with van der Waals surface area (Å²) in [5, 5.41) is 0. The first-order valence-corrected chi connectivity index (χ1v) is 19.4. The Morgan fingerprint density at radius 2 is 0.780 bits per heavy atom. The van der Waals surface area contributed by atoms with Gasteiger partial charge in [-0.2, -0.15) is 13.2 Å². The second-order valence-corrected chi connectivity index (χ2v) is 14.6. The van der Waals surface area contributed by atoms with Crippen LogP contribution in [0.5, 0.6) is 0 Å². The quantitative estimate of drug-likeness (QED) is 0.154. The van der Waals surface area contributed by atoms with E-state index in [-0.39, 0.29) is 0 Å². The minimum Gasteiger partial charge on any atom is -0.256 e. The van der Waals surface area contributed by atoms with Crippen LogP contribution in [0.2, 0.25) is 0 Å². The first-order chi connectivity index (χ1) is 28.8. The highest BCUT2D eigenvalue weighted by atomic mass is 19.4. The van der Waals surface area contributed by atoms with Gasteiger partial charge in [-0.25, -0.2) is 0 Å². The summed E-state index contributed by atoms with van der Waals surface area (Å²) in [4.78, 5) is 9.70. The molecule has 9 aromatic rings. The molecular weight excluding hydrogens is 734 g/mol. The van der Waals surface area contributed by atoms with Crippen LogP contribution in [0.25, 0.3) is 89.3 Å². The van der Waals surface area contributed by atoms with Crippen LogP contribution in [0.4, 0.5) is 13.2 Å². The third-order valence-corrected chi connectivity index (χ3v) is 10.7. The number of aromatic nitrogens is 2. The van der Waals surface area contributed by atoms with Crippen LogP contribution >= 0.6 is 0 Å². The fourth-order valence-electron chi connectivity index (χ4n) is 7.75. The molecule has 7 aromatic carbocycles. The number of benzene rings is 7. The summed E-state index contributed by atoms with van der Waals surface area (Å²) < 4.78 is 39.5. The SMILES string of the molecule is Cc1cc(-c2ccccc2-c2ccc(-c3ccc(C(F)(F)F)cc3)nc2)cc(-c2ccccc2-c2cnc(-c3ccccc3)cc2-c2ccc(-c3ccccc3)cc2)c1. The third-order valence-electron chi connectivity index (χ3n) is 10.7. The minimum absolute atomic E-state index is 0.604. The van der Waals surface area contributed by atoms with E-state index in [2.05, 4.69) is 133 Å². The van der Waals surface area contributed by atoms with E-state index in [1.807, 2.05) is 54.7 Å². The highest BCUT2D eigenvalue weighted by Crippen LogP contribution is 2.42. The van der Waals surface area contributed by atoms with E-state index in [4.69, 9.17) is 4.98 Å². The van der Waals surface area contributed by atoms with E-state index in [1.54, 1.807) is 6.20 Å². The van der Waals surface area contributed by atoms with E-state index >= 15 is 0 Å². The summed E-state index contributed by atoms with van der Waals surface area (Å²) in [5.74, 6) is 0. The Bertz CT molecular complexity index is 2880. The molecule has 0 unspecified atom stereocenters. The number of rotatable bonds is 8. The van der Waals surface area contributed by atoms with Crippen LogP contribution in [0.3, 0.4) is 0 Å². The van der Waals surface area contributed by atoms with Gasteiger partial charge in [0.25, 0.3) is 0 Å². The van der Waals surface area contributed by atoms with Gasteiger partial charge in [-0.05, 0) is 98.5 Å². The van der Waals surface area contributed by atoms with Crippen molar-refractivity contribution < 1.29 is 13.2 Å².